The Bertz CT molecular complexity index is 467. The average Bonchev–Trinajstić information content (AvgIpc) is 2.26. The first-order chi connectivity index (χ1) is 8.97. The zero-order valence-electron chi connectivity index (χ0n) is 11.4. The molecule has 0 heterocycles. The third-order valence-corrected chi connectivity index (χ3v) is 3.85. The Kier molecular flexibility index (Phi) is 4.40. The molecule has 2 N–H and O–H groups in total. The smallest absolute Gasteiger partial charge is 0.137 e. The van der Waals surface area contributed by atoms with Crippen LogP contribution in [-0.4, -0.2) is 11.1 Å². The van der Waals surface area contributed by atoms with Gasteiger partial charge in [-0.15, -0.1) is 0 Å². The van der Waals surface area contributed by atoms with Gasteiger partial charge in [0.1, 0.15) is 16.6 Å². The van der Waals surface area contributed by atoms with Crippen LogP contribution in [-0.2, 0) is 0 Å². The van der Waals surface area contributed by atoms with Gasteiger partial charge in [-0.2, -0.15) is 0 Å². The van der Waals surface area contributed by atoms with Crippen LogP contribution < -0.4 is 10.5 Å². The molecule has 4 heteroatoms. The van der Waals surface area contributed by atoms with Crippen molar-refractivity contribution in [1.82, 2.24) is 0 Å². The molecule has 19 heavy (non-hydrogen) atoms. The first-order valence-electron chi connectivity index (χ1n) is 6.72. The van der Waals surface area contributed by atoms with Crippen LogP contribution >= 0.6 is 12.2 Å². The van der Waals surface area contributed by atoms with Gasteiger partial charge in [0.25, 0.3) is 0 Å². The van der Waals surface area contributed by atoms with Gasteiger partial charge in [-0.25, -0.2) is 4.39 Å². The lowest BCUT2D eigenvalue weighted by molar-refractivity contribution is 0.101. The molecule has 1 aromatic carbocycles. The zero-order valence-corrected chi connectivity index (χ0v) is 12.2. The lowest BCUT2D eigenvalue weighted by Gasteiger charge is -2.32. The Morgan fingerprint density at radius 2 is 1.89 bits per heavy atom. The van der Waals surface area contributed by atoms with Gasteiger partial charge in [0.15, 0.2) is 0 Å². The average molecular weight is 281 g/mol. The number of hydrogen-bond acceptors (Lipinski definition) is 2. The summed E-state index contributed by atoms with van der Waals surface area (Å²) in [6, 6.07) is 4.72. The molecule has 2 unspecified atom stereocenters. The summed E-state index contributed by atoms with van der Waals surface area (Å²) in [7, 11) is 0. The van der Waals surface area contributed by atoms with Crippen molar-refractivity contribution in [3.8, 4) is 5.75 Å². The van der Waals surface area contributed by atoms with E-state index in [0.29, 0.717) is 17.6 Å². The van der Waals surface area contributed by atoms with Crippen LogP contribution in [0.25, 0.3) is 0 Å². The molecule has 104 valence electrons. The van der Waals surface area contributed by atoms with Crippen LogP contribution in [0.15, 0.2) is 18.2 Å². The van der Waals surface area contributed by atoms with Crippen molar-refractivity contribution < 1.29 is 9.13 Å². The molecule has 0 amide bonds. The number of nitrogens with two attached hydrogens (primary N) is 1. The fourth-order valence-corrected chi connectivity index (χ4v) is 3.19. The topological polar surface area (TPSA) is 35.2 Å². The van der Waals surface area contributed by atoms with Gasteiger partial charge >= 0.3 is 0 Å². The molecular formula is C15H20FNOS. The van der Waals surface area contributed by atoms with E-state index in [0.717, 1.165) is 12.8 Å². The van der Waals surface area contributed by atoms with Gasteiger partial charge in [-0.3, -0.25) is 0 Å². The van der Waals surface area contributed by atoms with Gasteiger partial charge in [-0.1, -0.05) is 32.1 Å². The fraction of sp³-hybridized carbons (Fsp3) is 0.533. The molecule has 0 radical (unpaired) electrons. The first kappa shape index (κ1) is 14.3. The Morgan fingerprint density at radius 3 is 2.47 bits per heavy atom. The summed E-state index contributed by atoms with van der Waals surface area (Å²) in [6.07, 6.45) is 3.34. The van der Waals surface area contributed by atoms with Gasteiger partial charge in [0, 0.05) is 0 Å². The molecule has 1 aliphatic carbocycles. The summed E-state index contributed by atoms with van der Waals surface area (Å²) >= 11 is 4.91. The molecular weight excluding hydrogens is 261 g/mol. The van der Waals surface area contributed by atoms with E-state index in [1.807, 2.05) is 0 Å². The highest BCUT2D eigenvalue weighted by Crippen LogP contribution is 2.32. The maximum absolute atomic E-state index is 13.8. The van der Waals surface area contributed by atoms with Crippen molar-refractivity contribution in [2.24, 2.45) is 17.6 Å². The number of thiocarbonyl (C=S) groups is 1. The van der Waals surface area contributed by atoms with Crippen molar-refractivity contribution in [3.05, 3.63) is 29.6 Å². The minimum absolute atomic E-state index is 0.0463. The molecule has 0 aromatic heterocycles. The van der Waals surface area contributed by atoms with Crippen molar-refractivity contribution >= 4 is 17.2 Å². The van der Waals surface area contributed by atoms with Crippen LogP contribution in [0, 0.1) is 17.7 Å². The molecule has 2 atom stereocenters. The molecule has 0 saturated heterocycles. The predicted molar refractivity (Wildman–Crippen MR) is 78.9 cm³/mol. The number of rotatable bonds is 3. The second-order valence-corrected chi connectivity index (χ2v) is 6.07. The molecule has 2 nitrogen and oxygen atoms in total. The summed E-state index contributed by atoms with van der Waals surface area (Å²) in [4.78, 5) is 0.0463. The third-order valence-electron chi connectivity index (χ3n) is 3.65. The van der Waals surface area contributed by atoms with Crippen molar-refractivity contribution in [2.45, 2.75) is 39.2 Å². The SMILES string of the molecule is CC1CC(C)CC(Oc2cccc(F)c2C(N)=S)C1. The highest BCUT2D eigenvalue weighted by molar-refractivity contribution is 7.80. The Labute approximate surface area is 119 Å². The Morgan fingerprint density at radius 1 is 1.26 bits per heavy atom. The van der Waals surface area contributed by atoms with Gasteiger partial charge in [0.05, 0.1) is 11.7 Å². The zero-order chi connectivity index (χ0) is 14.0. The summed E-state index contributed by atoms with van der Waals surface area (Å²) < 4.78 is 19.7. The van der Waals surface area contributed by atoms with E-state index in [1.54, 1.807) is 12.1 Å². The molecule has 1 aromatic rings. The highest BCUT2D eigenvalue weighted by atomic mass is 32.1. The minimum Gasteiger partial charge on any atom is -0.490 e. The lowest BCUT2D eigenvalue weighted by Crippen LogP contribution is -2.29. The standard InChI is InChI=1S/C15H20FNOS/c1-9-6-10(2)8-11(7-9)18-13-5-3-4-12(16)14(13)15(17)19/h3-5,9-11H,6-8H2,1-2H3,(H2,17,19). The van der Waals surface area contributed by atoms with Gasteiger partial charge in [0.2, 0.25) is 0 Å². The van der Waals surface area contributed by atoms with E-state index in [9.17, 15) is 4.39 Å². The lowest BCUT2D eigenvalue weighted by atomic mass is 9.82. The molecule has 0 spiro atoms. The van der Waals surface area contributed by atoms with Crippen molar-refractivity contribution in [2.75, 3.05) is 0 Å². The van der Waals surface area contributed by atoms with Crippen molar-refractivity contribution in [1.29, 1.82) is 0 Å². The Hall–Kier alpha value is -1.16. The van der Waals surface area contributed by atoms with E-state index in [4.69, 9.17) is 22.7 Å². The summed E-state index contributed by atoms with van der Waals surface area (Å²) in [5.74, 6) is 1.33. The van der Waals surface area contributed by atoms with Gasteiger partial charge < -0.3 is 10.5 Å². The molecule has 2 rings (SSSR count). The maximum atomic E-state index is 13.8. The molecule has 1 saturated carbocycles. The van der Waals surface area contributed by atoms with Crippen LogP contribution in [0.4, 0.5) is 4.39 Å². The monoisotopic (exact) mass is 281 g/mol. The Balaban J connectivity index is 2.19. The molecule has 0 bridgehead atoms. The molecule has 0 aliphatic heterocycles. The van der Waals surface area contributed by atoms with Crippen LogP contribution in [0.3, 0.4) is 0 Å². The third kappa shape index (κ3) is 3.44. The highest BCUT2D eigenvalue weighted by Gasteiger charge is 2.26. The van der Waals surface area contributed by atoms with Crippen LogP contribution in [0.5, 0.6) is 5.75 Å². The first-order valence-corrected chi connectivity index (χ1v) is 7.13. The molecule has 1 fully saturated rings. The molecule has 1 aliphatic rings. The number of hydrogen-bond donors (Lipinski definition) is 1. The predicted octanol–water partition coefficient (Wildman–Crippen LogP) is 3.66. The van der Waals surface area contributed by atoms with E-state index in [1.165, 1.54) is 12.5 Å². The van der Waals surface area contributed by atoms with E-state index < -0.39 is 5.82 Å². The minimum atomic E-state index is -0.415. The maximum Gasteiger partial charge on any atom is 0.137 e. The fourth-order valence-electron chi connectivity index (χ4n) is 2.99. The van der Waals surface area contributed by atoms with Gasteiger partial charge in [-0.05, 0) is 43.2 Å². The largest absolute Gasteiger partial charge is 0.490 e. The van der Waals surface area contributed by atoms with E-state index in [-0.39, 0.29) is 16.7 Å². The summed E-state index contributed by atoms with van der Waals surface area (Å²) in [5, 5.41) is 0. The summed E-state index contributed by atoms with van der Waals surface area (Å²) in [6.45, 7) is 4.46. The quantitative estimate of drug-likeness (QED) is 0.859. The number of benzene rings is 1. The number of ether oxygens (including phenoxy) is 1. The second kappa shape index (κ2) is 5.87. The normalized spacial score (nSPS) is 27.0. The van der Waals surface area contributed by atoms with Crippen LogP contribution in [0.1, 0.15) is 38.7 Å². The van der Waals surface area contributed by atoms with E-state index >= 15 is 0 Å². The summed E-state index contributed by atoms with van der Waals surface area (Å²) in [5.41, 5.74) is 5.81. The van der Waals surface area contributed by atoms with Crippen LogP contribution in [0.2, 0.25) is 0 Å². The second-order valence-electron chi connectivity index (χ2n) is 5.63. The van der Waals surface area contributed by atoms with E-state index in [2.05, 4.69) is 13.8 Å². The number of halogens is 1. The van der Waals surface area contributed by atoms with Crippen molar-refractivity contribution in [3.63, 3.8) is 0 Å².